The Hall–Kier alpha value is -3.20. The molecule has 8 nitrogen and oxygen atoms in total. The van der Waals surface area contributed by atoms with Crippen LogP contribution in [0.3, 0.4) is 0 Å². The van der Waals surface area contributed by atoms with Crippen molar-refractivity contribution in [3.05, 3.63) is 47.7 Å². The molecular formula is C24H27N5O3S. The van der Waals surface area contributed by atoms with Gasteiger partial charge in [-0.3, -0.25) is 4.79 Å². The van der Waals surface area contributed by atoms with Gasteiger partial charge in [-0.1, -0.05) is 29.8 Å². The number of hydrogen-bond acceptors (Lipinski definition) is 8. The van der Waals surface area contributed by atoms with Gasteiger partial charge in [0.2, 0.25) is 17.6 Å². The maximum Gasteiger partial charge on any atom is 0.298 e. The highest BCUT2D eigenvalue weighted by Gasteiger charge is 2.27. The predicted molar refractivity (Wildman–Crippen MR) is 127 cm³/mol. The summed E-state index contributed by atoms with van der Waals surface area (Å²) in [6.07, 6.45) is 5.31. The van der Waals surface area contributed by atoms with Crippen molar-refractivity contribution in [3.8, 4) is 10.7 Å². The number of nitrogens with one attached hydrogen (secondary N) is 1. The van der Waals surface area contributed by atoms with Gasteiger partial charge in [-0.15, -0.1) is 11.3 Å². The van der Waals surface area contributed by atoms with Gasteiger partial charge in [-0.05, 0) is 49.3 Å². The van der Waals surface area contributed by atoms with E-state index in [9.17, 15) is 4.79 Å². The number of aryl methyl sites for hydroxylation is 1. The van der Waals surface area contributed by atoms with Gasteiger partial charge >= 0.3 is 0 Å². The van der Waals surface area contributed by atoms with Crippen molar-refractivity contribution in [2.75, 3.05) is 24.5 Å². The number of fused-ring (bicyclic) bond motifs is 1. The molecule has 1 saturated heterocycles. The monoisotopic (exact) mass is 465 g/mol. The highest BCUT2D eigenvalue weighted by molar-refractivity contribution is 7.13. The summed E-state index contributed by atoms with van der Waals surface area (Å²) in [5.41, 5.74) is 1.67. The van der Waals surface area contributed by atoms with Gasteiger partial charge in [0.1, 0.15) is 5.52 Å². The lowest BCUT2D eigenvalue weighted by molar-refractivity contribution is -0.125. The number of rotatable bonds is 9. The lowest BCUT2D eigenvalue weighted by Gasteiger charge is -2.30. The van der Waals surface area contributed by atoms with E-state index in [-0.39, 0.29) is 11.8 Å². The van der Waals surface area contributed by atoms with Crippen molar-refractivity contribution in [3.63, 3.8) is 0 Å². The van der Waals surface area contributed by atoms with Crippen molar-refractivity contribution in [1.29, 1.82) is 0 Å². The Morgan fingerprint density at radius 3 is 2.79 bits per heavy atom. The van der Waals surface area contributed by atoms with E-state index in [4.69, 9.17) is 8.94 Å². The quantitative estimate of drug-likeness (QED) is 0.358. The second kappa shape index (κ2) is 10.2. The molecule has 1 aromatic carbocycles. The van der Waals surface area contributed by atoms with Crippen molar-refractivity contribution >= 4 is 34.4 Å². The number of carbonyl (C=O) groups is 1. The maximum atomic E-state index is 12.6. The van der Waals surface area contributed by atoms with Gasteiger partial charge in [-0.2, -0.15) is 9.97 Å². The zero-order chi connectivity index (χ0) is 22.5. The van der Waals surface area contributed by atoms with Crippen LogP contribution in [0.1, 0.15) is 38.0 Å². The number of aromatic nitrogens is 3. The van der Waals surface area contributed by atoms with Crippen LogP contribution in [0.5, 0.6) is 0 Å². The molecule has 172 valence electrons. The minimum atomic E-state index is 0.0553. The van der Waals surface area contributed by atoms with Crippen LogP contribution < -0.4 is 10.2 Å². The average molecular weight is 466 g/mol. The molecule has 4 heterocycles. The zero-order valence-corrected chi connectivity index (χ0v) is 19.2. The van der Waals surface area contributed by atoms with Crippen molar-refractivity contribution in [2.24, 2.45) is 5.92 Å². The molecule has 0 spiro atoms. The molecule has 3 aromatic heterocycles. The normalized spacial score (nSPS) is 14.7. The SMILES string of the molecule is O=C(NCCCCCc1nc(-c2cccs2)no1)C1CCN(c2nc3ccccc3o2)CC1. The summed E-state index contributed by atoms with van der Waals surface area (Å²) in [6.45, 7) is 2.26. The summed E-state index contributed by atoms with van der Waals surface area (Å²) in [5, 5.41) is 9.14. The van der Waals surface area contributed by atoms with Gasteiger partial charge in [0.05, 0.1) is 4.88 Å². The topological polar surface area (TPSA) is 97.3 Å². The number of benzene rings is 1. The molecule has 9 heteroatoms. The smallest absolute Gasteiger partial charge is 0.298 e. The molecule has 0 atom stereocenters. The van der Waals surface area contributed by atoms with E-state index in [0.29, 0.717) is 24.3 Å². The van der Waals surface area contributed by atoms with Crippen molar-refractivity contribution in [1.82, 2.24) is 20.4 Å². The lowest BCUT2D eigenvalue weighted by atomic mass is 9.96. The van der Waals surface area contributed by atoms with Crippen molar-refractivity contribution < 1.29 is 13.7 Å². The maximum absolute atomic E-state index is 12.6. The summed E-state index contributed by atoms with van der Waals surface area (Å²) in [7, 11) is 0. The zero-order valence-electron chi connectivity index (χ0n) is 18.4. The van der Waals surface area contributed by atoms with Crippen LogP contribution >= 0.6 is 11.3 Å². The molecule has 1 amide bonds. The van der Waals surface area contributed by atoms with E-state index in [0.717, 1.165) is 67.6 Å². The minimum Gasteiger partial charge on any atom is -0.423 e. The van der Waals surface area contributed by atoms with Gasteiger partial charge in [0.15, 0.2) is 5.58 Å². The summed E-state index contributed by atoms with van der Waals surface area (Å²) in [4.78, 5) is 24.7. The molecule has 1 aliphatic rings. The first kappa shape index (κ1) is 21.6. The fourth-order valence-corrected chi connectivity index (χ4v) is 4.77. The molecule has 0 radical (unpaired) electrons. The Labute approximate surface area is 196 Å². The molecule has 0 unspecified atom stereocenters. The van der Waals surface area contributed by atoms with Gasteiger partial charge in [-0.25, -0.2) is 0 Å². The summed E-state index contributed by atoms with van der Waals surface area (Å²) >= 11 is 1.60. The first-order valence-corrected chi connectivity index (χ1v) is 12.4. The van der Waals surface area contributed by atoms with E-state index in [1.54, 1.807) is 11.3 Å². The van der Waals surface area contributed by atoms with Crippen LogP contribution in [0.25, 0.3) is 21.8 Å². The summed E-state index contributed by atoms with van der Waals surface area (Å²) in [6, 6.07) is 12.4. The highest BCUT2D eigenvalue weighted by atomic mass is 32.1. The van der Waals surface area contributed by atoms with E-state index < -0.39 is 0 Å². The Bertz CT molecular complexity index is 1140. The first-order chi connectivity index (χ1) is 16.3. The molecule has 33 heavy (non-hydrogen) atoms. The molecule has 0 aliphatic carbocycles. The van der Waals surface area contributed by atoms with E-state index in [1.807, 2.05) is 41.8 Å². The number of para-hydroxylation sites is 2. The van der Waals surface area contributed by atoms with Crippen LogP contribution in [0.2, 0.25) is 0 Å². The fraction of sp³-hybridized carbons (Fsp3) is 0.417. The Balaban J connectivity index is 0.978. The van der Waals surface area contributed by atoms with E-state index >= 15 is 0 Å². The number of nitrogens with zero attached hydrogens (tertiary/aromatic N) is 4. The molecule has 0 saturated carbocycles. The molecular weight excluding hydrogens is 438 g/mol. The number of thiophene rings is 1. The van der Waals surface area contributed by atoms with Crippen LogP contribution in [0.4, 0.5) is 6.01 Å². The molecule has 1 fully saturated rings. The Kier molecular flexibility index (Phi) is 6.66. The van der Waals surface area contributed by atoms with E-state index in [1.165, 1.54) is 0 Å². The third kappa shape index (κ3) is 5.24. The molecule has 1 aliphatic heterocycles. The fourth-order valence-electron chi connectivity index (χ4n) is 4.12. The highest BCUT2D eigenvalue weighted by Crippen LogP contribution is 2.26. The number of unbranched alkanes of at least 4 members (excludes halogenated alkanes) is 2. The molecule has 5 rings (SSSR count). The number of anilines is 1. The summed E-state index contributed by atoms with van der Waals surface area (Å²) < 4.78 is 11.2. The van der Waals surface area contributed by atoms with Gasteiger partial charge < -0.3 is 19.2 Å². The number of hydrogen-bond donors (Lipinski definition) is 1. The van der Waals surface area contributed by atoms with Crippen LogP contribution in [0, 0.1) is 5.92 Å². The largest absolute Gasteiger partial charge is 0.423 e. The lowest BCUT2D eigenvalue weighted by Crippen LogP contribution is -2.40. The van der Waals surface area contributed by atoms with Crippen LogP contribution in [-0.4, -0.2) is 40.7 Å². The van der Waals surface area contributed by atoms with Crippen LogP contribution in [0.15, 0.2) is 50.7 Å². The van der Waals surface area contributed by atoms with Crippen LogP contribution in [-0.2, 0) is 11.2 Å². The minimum absolute atomic E-state index is 0.0553. The Morgan fingerprint density at radius 2 is 1.97 bits per heavy atom. The average Bonchev–Trinajstić information content (AvgIpc) is 3.61. The second-order valence-corrected chi connectivity index (χ2v) is 9.26. The number of carbonyl (C=O) groups excluding carboxylic acids is 1. The summed E-state index contributed by atoms with van der Waals surface area (Å²) in [5.74, 6) is 1.55. The van der Waals surface area contributed by atoms with Crippen molar-refractivity contribution in [2.45, 2.75) is 38.5 Å². The second-order valence-electron chi connectivity index (χ2n) is 8.32. The van der Waals surface area contributed by atoms with Gasteiger partial charge in [0, 0.05) is 32.0 Å². The van der Waals surface area contributed by atoms with E-state index in [2.05, 4.69) is 25.3 Å². The first-order valence-electron chi connectivity index (χ1n) is 11.5. The third-order valence-corrected chi connectivity index (χ3v) is 6.86. The number of amides is 1. The Morgan fingerprint density at radius 1 is 1.09 bits per heavy atom. The predicted octanol–water partition coefficient (Wildman–Crippen LogP) is 4.68. The number of piperidine rings is 1. The molecule has 0 bridgehead atoms. The molecule has 1 N–H and O–H groups in total. The van der Waals surface area contributed by atoms with Gasteiger partial charge in [0.25, 0.3) is 6.01 Å². The standard InChI is InChI=1S/C24H27N5O3S/c30-23(17-11-14-29(15-12-17)24-26-18-7-3-4-8-19(18)31-24)25-13-5-1-2-10-21-27-22(28-32-21)20-9-6-16-33-20/h3-4,6-9,16-17H,1-2,5,10-15H2,(H,25,30). The molecule has 4 aromatic rings. The third-order valence-electron chi connectivity index (χ3n) is 6.00. The number of oxazole rings is 1.